The van der Waals surface area contributed by atoms with Crippen LogP contribution in [-0.2, 0) is 0 Å². The maximum absolute atomic E-state index is 12.2. The van der Waals surface area contributed by atoms with Crippen LogP contribution in [0.25, 0.3) is 0 Å². The van der Waals surface area contributed by atoms with Gasteiger partial charge in [0.05, 0.1) is 12.0 Å². The molecule has 1 unspecified atom stereocenters. The van der Waals surface area contributed by atoms with Gasteiger partial charge in [-0.15, -0.1) is 0 Å². The van der Waals surface area contributed by atoms with Crippen molar-refractivity contribution in [3.8, 4) is 0 Å². The maximum Gasteiger partial charge on any atom is 0.277 e. The monoisotopic (exact) mass is 401 g/mol. The number of halogens is 1. The van der Waals surface area contributed by atoms with Gasteiger partial charge < -0.3 is 26.0 Å². The summed E-state index contributed by atoms with van der Waals surface area (Å²) >= 11 is 5.85. The number of aliphatic hydroxyl groups is 1. The summed E-state index contributed by atoms with van der Waals surface area (Å²) in [5.41, 5.74) is 1.39. The van der Waals surface area contributed by atoms with Crippen LogP contribution in [0, 0.1) is 0 Å². The van der Waals surface area contributed by atoms with Crippen LogP contribution in [0.5, 0.6) is 0 Å². The highest BCUT2D eigenvalue weighted by atomic mass is 35.5. The Kier molecular flexibility index (Phi) is 5.82. The zero-order chi connectivity index (χ0) is 20.1. The number of anilines is 2. The highest BCUT2D eigenvalue weighted by molar-refractivity contribution is 6.32. The van der Waals surface area contributed by atoms with Crippen LogP contribution in [-0.4, -0.2) is 43.9 Å². The summed E-state index contributed by atoms with van der Waals surface area (Å²) < 4.78 is 0. The fourth-order valence-electron chi connectivity index (χ4n) is 2.36. The van der Waals surface area contributed by atoms with E-state index in [-0.39, 0.29) is 22.2 Å². The Morgan fingerprint density at radius 3 is 2.39 bits per heavy atom. The SMILES string of the molecule is CNC(=O)c1nc[nH]c1C(O)Nc1ccc(NC(=O)c2nccnc2Cl)cc1. The molecule has 0 aliphatic heterocycles. The average Bonchev–Trinajstić information content (AvgIpc) is 3.19. The Bertz CT molecular complexity index is 990. The van der Waals surface area contributed by atoms with Gasteiger partial charge in [-0.2, -0.15) is 0 Å². The molecule has 5 N–H and O–H groups in total. The molecule has 11 heteroatoms. The molecule has 3 rings (SSSR count). The summed E-state index contributed by atoms with van der Waals surface area (Å²) in [6.07, 6.45) is 2.90. The minimum atomic E-state index is -1.19. The van der Waals surface area contributed by atoms with Gasteiger partial charge >= 0.3 is 0 Å². The van der Waals surface area contributed by atoms with Gasteiger partial charge in [0.15, 0.2) is 22.8 Å². The molecule has 1 atom stereocenters. The van der Waals surface area contributed by atoms with Gasteiger partial charge in [-0.3, -0.25) is 9.59 Å². The standard InChI is InChI=1S/C17H16ClN7O3/c1-19-15(26)11-12(23-8-22-11)16(27)24-9-2-4-10(5-3-9)25-17(28)13-14(18)21-7-6-20-13/h2-8,16,24,27H,1H3,(H,19,26)(H,22,23)(H,25,28). The fourth-order valence-corrected chi connectivity index (χ4v) is 2.55. The lowest BCUT2D eigenvalue weighted by molar-refractivity contribution is 0.0951. The second kappa shape index (κ2) is 8.46. The third-order valence-corrected chi connectivity index (χ3v) is 3.98. The molecule has 1 aromatic carbocycles. The van der Waals surface area contributed by atoms with Crippen molar-refractivity contribution in [1.82, 2.24) is 25.3 Å². The maximum atomic E-state index is 12.2. The number of hydrogen-bond acceptors (Lipinski definition) is 7. The van der Waals surface area contributed by atoms with Crippen molar-refractivity contribution in [2.75, 3.05) is 17.7 Å². The van der Waals surface area contributed by atoms with E-state index >= 15 is 0 Å². The van der Waals surface area contributed by atoms with Crippen molar-refractivity contribution >= 4 is 34.8 Å². The van der Waals surface area contributed by atoms with Crippen LogP contribution in [0.4, 0.5) is 11.4 Å². The summed E-state index contributed by atoms with van der Waals surface area (Å²) in [6, 6.07) is 6.55. The first kappa shape index (κ1) is 19.3. The summed E-state index contributed by atoms with van der Waals surface area (Å²) in [7, 11) is 1.47. The first-order chi connectivity index (χ1) is 13.5. The normalized spacial score (nSPS) is 11.5. The molecule has 0 fully saturated rings. The van der Waals surface area contributed by atoms with E-state index in [1.165, 1.54) is 25.8 Å². The number of aromatic amines is 1. The second-order valence-electron chi connectivity index (χ2n) is 5.52. The van der Waals surface area contributed by atoms with Crippen LogP contribution in [0.3, 0.4) is 0 Å². The minimum Gasteiger partial charge on any atom is -0.368 e. The van der Waals surface area contributed by atoms with Gasteiger partial charge in [-0.1, -0.05) is 11.6 Å². The van der Waals surface area contributed by atoms with E-state index < -0.39 is 18.0 Å². The van der Waals surface area contributed by atoms with Crippen LogP contribution in [0.1, 0.15) is 32.9 Å². The summed E-state index contributed by atoms with van der Waals surface area (Å²) in [6.45, 7) is 0. The first-order valence-corrected chi connectivity index (χ1v) is 8.45. The second-order valence-corrected chi connectivity index (χ2v) is 5.88. The largest absolute Gasteiger partial charge is 0.368 e. The lowest BCUT2D eigenvalue weighted by Crippen LogP contribution is -2.22. The molecule has 10 nitrogen and oxygen atoms in total. The van der Waals surface area contributed by atoms with E-state index in [2.05, 4.69) is 35.9 Å². The molecule has 2 amide bonds. The molecule has 0 aliphatic rings. The Labute approximate surface area is 164 Å². The van der Waals surface area contributed by atoms with Gasteiger partial charge in [0, 0.05) is 30.8 Å². The first-order valence-electron chi connectivity index (χ1n) is 8.07. The summed E-state index contributed by atoms with van der Waals surface area (Å²) in [5.74, 6) is -0.913. The van der Waals surface area contributed by atoms with Crippen molar-refractivity contribution in [2.24, 2.45) is 0 Å². The van der Waals surface area contributed by atoms with Gasteiger partial charge in [-0.05, 0) is 24.3 Å². The number of hydrogen-bond donors (Lipinski definition) is 5. The molecular formula is C17H16ClN7O3. The van der Waals surface area contributed by atoms with Crippen LogP contribution in [0.15, 0.2) is 43.0 Å². The number of nitrogens with one attached hydrogen (secondary N) is 4. The van der Waals surface area contributed by atoms with E-state index in [0.29, 0.717) is 11.4 Å². The van der Waals surface area contributed by atoms with Crippen LogP contribution in [0.2, 0.25) is 5.15 Å². The number of aromatic nitrogens is 4. The van der Waals surface area contributed by atoms with Crippen molar-refractivity contribution in [2.45, 2.75) is 6.23 Å². The van der Waals surface area contributed by atoms with Crippen molar-refractivity contribution in [3.63, 3.8) is 0 Å². The Morgan fingerprint density at radius 2 is 1.71 bits per heavy atom. The summed E-state index contributed by atoms with van der Waals surface area (Å²) in [4.78, 5) is 38.3. The highest BCUT2D eigenvalue weighted by Crippen LogP contribution is 2.21. The number of rotatable bonds is 6. The van der Waals surface area contributed by atoms with Gasteiger partial charge in [-0.25, -0.2) is 15.0 Å². The number of carbonyl (C=O) groups excluding carboxylic acids is 2. The van der Waals surface area contributed by atoms with E-state index in [9.17, 15) is 14.7 Å². The topological polar surface area (TPSA) is 145 Å². The highest BCUT2D eigenvalue weighted by Gasteiger charge is 2.20. The third-order valence-electron chi connectivity index (χ3n) is 3.70. The quantitative estimate of drug-likeness (QED) is 0.394. The Morgan fingerprint density at radius 1 is 1.04 bits per heavy atom. The van der Waals surface area contributed by atoms with Gasteiger partial charge in [0.1, 0.15) is 0 Å². The molecule has 0 bridgehead atoms. The zero-order valence-electron chi connectivity index (χ0n) is 14.6. The van der Waals surface area contributed by atoms with E-state index in [4.69, 9.17) is 11.6 Å². The van der Waals surface area contributed by atoms with E-state index in [1.807, 2.05) is 0 Å². The molecule has 0 saturated carbocycles. The fraction of sp³-hybridized carbons (Fsp3) is 0.118. The molecule has 0 radical (unpaired) electrons. The molecule has 0 aliphatic carbocycles. The van der Waals surface area contributed by atoms with Crippen LogP contribution >= 0.6 is 11.6 Å². The van der Waals surface area contributed by atoms with Crippen LogP contribution < -0.4 is 16.0 Å². The molecule has 0 spiro atoms. The number of aliphatic hydroxyl groups excluding tert-OH is 1. The van der Waals surface area contributed by atoms with Crippen molar-refractivity contribution in [1.29, 1.82) is 0 Å². The van der Waals surface area contributed by atoms with Crippen molar-refractivity contribution in [3.05, 3.63) is 65.2 Å². The molecule has 2 heterocycles. The summed E-state index contributed by atoms with van der Waals surface area (Å²) in [5, 5.41) is 18.3. The molecular weight excluding hydrogens is 386 g/mol. The predicted molar refractivity (Wildman–Crippen MR) is 102 cm³/mol. The number of carbonyl (C=O) groups is 2. The van der Waals surface area contributed by atoms with E-state index in [0.717, 1.165) is 0 Å². The van der Waals surface area contributed by atoms with E-state index in [1.54, 1.807) is 24.3 Å². The molecule has 28 heavy (non-hydrogen) atoms. The molecule has 3 aromatic rings. The number of imidazole rings is 1. The zero-order valence-corrected chi connectivity index (χ0v) is 15.4. The Balaban J connectivity index is 1.66. The average molecular weight is 402 g/mol. The number of benzene rings is 1. The van der Waals surface area contributed by atoms with Crippen molar-refractivity contribution < 1.29 is 14.7 Å². The molecule has 144 valence electrons. The number of nitrogens with zero attached hydrogens (tertiary/aromatic N) is 3. The van der Waals surface area contributed by atoms with Gasteiger partial charge in [0.2, 0.25) is 0 Å². The van der Waals surface area contributed by atoms with Gasteiger partial charge in [0.25, 0.3) is 11.8 Å². The lowest BCUT2D eigenvalue weighted by Gasteiger charge is -2.14. The smallest absolute Gasteiger partial charge is 0.277 e. The molecule has 2 aromatic heterocycles. The Hall–Kier alpha value is -3.50. The third kappa shape index (κ3) is 4.24. The number of H-pyrrole nitrogens is 1. The minimum absolute atomic E-state index is 0.00730. The predicted octanol–water partition coefficient (Wildman–Crippen LogP) is 1.57. The number of amides is 2. The lowest BCUT2D eigenvalue weighted by atomic mass is 10.2. The molecule has 0 saturated heterocycles.